The van der Waals surface area contributed by atoms with Crippen LogP contribution in [-0.4, -0.2) is 37.0 Å². The first-order valence-corrected chi connectivity index (χ1v) is 7.23. The van der Waals surface area contributed by atoms with E-state index in [1.807, 2.05) is 24.1 Å². The molecule has 3 atom stereocenters. The van der Waals surface area contributed by atoms with Gasteiger partial charge in [0.05, 0.1) is 12.6 Å². The maximum atomic E-state index is 11.9. The van der Waals surface area contributed by atoms with Crippen LogP contribution in [0.5, 0.6) is 0 Å². The van der Waals surface area contributed by atoms with Gasteiger partial charge in [-0.1, -0.05) is 6.92 Å². The van der Waals surface area contributed by atoms with E-state index in [2.05, 4.69) is 17.6 Å². The van der Waals surface area contributed by atoms with E-state index in [0.29, 0.717) is 18.4 Å². The Morgan fingerprint density at radius 2 is 2.14 bits per heavy atom. The first-order chi connectivity index (χ1) is 9.92. The van der Waals surface area contributed by atoms with Crippen LogP contribution >= 0.6 is 0 Å². The monoisotopic (exact) mass is 293 g/mol. The second-order valence-corrected chi connectivity index (χ2v) is 5.78. The van der Waals surface area contributed by atoms with Crippen LogP contribution in [0.2, 0.25) is 0 Å². The number of nitrogens with one attached hydrogen (secondary N) is 2. The van der Waals surface area contributed by atoms with Crippen LogP contribution in [-0.2, 0) is 11.3 Å². The second kappa shape index (κ2) is 6.30. The molecule has 0 aromatic carbocycles. The molecule has 6 nitrogen and oxygen atoms in total. The molecule has 1 fully saturated rings. The molecular formula is C15H23N3O3. The molecule has 1 aromatic heterocycles. The summed E-state index contributed by atoms with van der Waals surface area (Å²) >= 11 is 0. The van der Waals surface area contributed by atoms with Crippen molar-refractivity contribution >= 4 is 11.9 Å². The molecule has 21 heavy (non-hydrogen) atoms. The van der Waals surface area contributed by atoms with Crippen molar-refractivity contribution in [1.82, 2.24) is 15.5 Å². The van der Waals surface area contributed by atoms with Gasteiger partial charge in [-0.2, -0.15) is 0 Å². The van der Waals surface area contributed by atoms with E-state index in [-0.39, 0.29) is 5.91 Å². The van der Waals surface area contributed by atoms with Crippen molar-refractivity contribution in [3.8, 4) is 0 Å². The van der Waals surface area contributed by atoms with Gasteiger partial charge < -0.3 is 9.73 Å². The molecule has 116 valence electrons. The Morgan fingerprint density at radius 3 is 2.71 bits per heavy atom. The Bertz CT molecular complexity index is 526. The predicted molar refractivity (Wildman–Crippen MR) is 78.8 cm³/mol. The fraction of sp³-hybridized carbons (Fsp3) is 0.600. The van der Waals surface area contributed by atoms with Gasteiger partial charge >= 0.3 is 6.03 Å². The third-order valence-corrected chi connectivity index (χ3v) is 4.07. The Kier molecular flexibility index (Phi) is 4.67. The number of likely N-dealkylation sites (N-methyl/N-ethyl adjacent to an activating group) is 1. The lowest BCUT2D eigenvalue weighted by molar-refractivity contribution is -0.124. The summed E-state index contributed by atoms with van der Waals surface area (Å²) in [5, 5.41) is 4.63. The number of hydrogen-bond acceptors (Lipinski definition) is 4. The second-order valence-electron chi connectivity index (χ2n) is 5.78. The van der Waals surface area contributed by atoms with E-state index in [0.717, 1.165) is 11.5 Å². The molecule has 1 heterocycles. The number of furan rings is 1. The number of amides is 3. The Hall–Kier alpha value is -1.82. The first-order valence-electron chi connectivity index (χ1n) is 7.23. The van der Waals surface area contributed by atoms with E-state index in [1.54, 1.807) is 6.92 Å². The maximum Gasteiger partial charge on any atom is 0.321 e. The third-order valence-electron chi connectivity index (χ3n) is 4.07. The lowest BCUT2D eigenvalue weighted by Crippen LogP contribution is -2.47. The van der Waals surface area contributed by atoms with Gasteiger partial charge in [-0.05, 0) is 38.4 Å². The Morgan fingerprint density at radius 1 is 1.48 bits per heavy atom. The standard InChI is InChI=1S/C15H23N3O3/c1-9-7-12(9)13-6-5-11(21-13)8-18(4)10(2)14(19)17-15(20)16-3/h5-6,9-10,12H,7-8H2,1-4H3,(H2,16,17,19,20). The average molecular weight is 293 g/mol. The number of hydrogen-bond donors (Lipinski definition) is 2. The summed E-state index contributed by atoms with van der Waals surface area (Å²) in [6, 6.07) is 3.06. The van der Waals surface area contributed by atoms with Gasteiger partial charge in [0.15, 0.2) is 0 Å². The number of nitrogens with zero attached hydrogens (tertiary/aromatic N) is 1. The van der Waals surface area contributed by atoms with Crippen LogP contribution in [0.1, 0.15) is 37.7 Å². The van der Waals surface area contributed by atoms with Gasteiger partial charge in [-0.3, -0.25) is 15.0 Å². The van der Waals surface area contributed by atoms with Crippen molar-refractivity contribution < 1.29 is 14.0 Å². The quantitative estimate of drug-likeness (QED) is 0.866. The molecular weight excluding hydrogens is 270 g/mol. The Labute approximate surface area is 124 Å². The molecule has 3 unspecified atom stereocenters. The minimum Gasteiger partial charge on any atom is -0.464 e. The summed E-state index contributed by atoms with van der Waals surface area (Å²) in [6.45, 7) is 4.50. The number of urea groups is 1. The smallest absolute Gasteiger partial charge is 0.321 e. The van der Waals surface area contributed by atoms with E-state index in [9.17, 15) is 9.59 Å². The van der Waals surface area contributed by atoms with Crippen molar-refractivity contribution in [3.63, 3.8) is 0 Å². The van der Waals surface area contributed by atoms with Gasteiger partial charge in [-0.15, -0.1) is 0 Å². The SMILES string of the molecule is CNC(=O)NC(=O)C(C)N(C)Cc1ccc(C2CC2C)o1. The molecule has 6 heteroatoms. The van der Waals surface area contributed by atoms with E-state index >= 15 is 0 Å². The first kappa shape index (κ1) is 15.6. The summed E-state index contributed by atoms with van der Waals surface area (Å²) in [6.07, 6.45) is 1.19. The van der Waals surface area contributed by atoms with Gasteiger partial charge in [0.25, 0.3) is 0 Å². The zero-order chi connectivity index (χ0) is 15.6. The molecule has 2 N–H and O–H groups in total. The van der Waals surface area contributed by atoms with Crippen LogP contribution in [0.4, 0.5) is 4.79 Å². The minimum absolute atomic E-state index is 0.334. The molecule has 1 saturated carbocycles. The fourth-order valence-corrected chi connectivity index (χ4v) is 2.26. The fourth-order valence-electron chi connectivity index (χ4n) is 2.26. The van der Waals surface area contributed by atoms with Crippen LogP contribution in [0.25, 0.3) is 0 Å². The summed E-state index contributed by atoms with van der Waals surface area (Å²) < 4.78 is 5.83. The van der Waals surface area contributed by atoms with Crippen molar-refractivity contribution in [2.45, 2.75) is 38.8 Å². The van der Waals surface area contributed by atoms with E-state index < -0.39 is 12.1 Å². The van der Waals surface area contributed by atoms with Crippen LogP contribution in [0.15, 0.2) is 16.5 Å². The highest BCUT2D eigenvalue weighted by Crippen LogP contribution is 2.47. The maximum absolute atomic E-state index is 11.9. The number of rotatable bonds is 5. The molecule has 0 spiro atoms. The third kappa shape index (κ3) is 3.85. The predicted octanol–water partition coefficient (Wildman–Crippen LogP) is 1.68. The summed E-state index contributed by atoms with van der Waals surface area (Å²) in [5.41, 5.74) is 0. The van der Waals surface area contributed by atoms with Crippen LogP contribution < -0.4 is 10.6 Å². The number of carbonyl (C=O) groups excluding carboxylic acids is 2. The normalized spacial score (nSPS) is 22.0. The molecule has 1 aliphatic rings. The topological polar surface area (TPSA) is 74.6 Å². The number of carbonyl (C=O) groups is 2. The average Bonchev–Trinajstić information content (AvgIpc) is 3.00. The molecule has 1 aliphatic carbocycles. The van der Waals surface area contributed by atoms with Crippen molar-refractivity contribution in [2.24, 2.45) is 5.92 Å². The van der Waals surface area contributed by atoms with Crippen LogP contribution in [0.3, 0.4) is 0 Å². The van der Waals surface area contributed by atoms with Gasteiger partial charge in [-0.25, -0.2) is 4.79 Å². The summed E-state index contributed by atoms with van der Waals surface area (Å²) in [5.74, 6) is 2.80. The van der Waals surface area contributed by atoms with E-state index in [1.165, 1.54) is 13.5 Å². The largest absolute Gasteiger partial charge is 0.464 e. The van der Waals surface area contributed by atoms with Gasteiger partial charge in [0.2, 0.25) is 5.91 Å². The molecule has 0 radical (unpaired) electrons. The zero-order valence-corrected chi connectivity index (χ0v) is 13.0. The molecule has 2 rings (SSSR count). The highest BCUT2D eigenvalue weighted by Gasteiger charge is 2.36. The molecule has 0 aliphatic heterocycles. The summed E-state index contributed by atoms with van der Waals surface area (Å²) in [4.78, 5) is 24.9. The summed E-state index contributed by atoms with van der Waals surface area (Å²) in [7, 11) is 3.30. The molecule has 0 saturated heterocycles. The van der Waals surface area contributed by atoms with E-state index in [4.69, 9.17) is 4.42 Å². The molecule has 0 bridgehead atoms. The Balaban J connectivity index is 1.88. The van der Waals surface area contributed by atoms with Gasteiger partial charge in [0, 0.05) is 13.0 Å². The highest BCUT2D eigenvalue weighted by molar-refractivity contribution is 5.96. The van der Waals surface area contributed by atoms with Crippen LogP contribution in [0, 0.1) is 5.92 Å². The lowest BCUT2D eigenvalue weighted by atomic mass is 10.2. The molecule has 1 aromatic rings. The van der Waals surface area contributed by atoms with Crippen molar-refractivity contribution in [2.75, 3.05) is 14.1 Å². The number of imide groups is 1. The van der Waals surface area contributed by atoms with Crippen molar-refractivity contribution in [3.05, 3.63) is 23.7 Å². The van der Waals surface area contributed by atoms with Crippen molar-refractivity contribution in [1.29, 1.82) is 0 Å². The molecule has 3 amide bonds. The minimum atomic E-state index is -0.497. The highest BCUT2D eigenvalue weighted by atomic mass is 16.3. The lowest BCUT2D eigenvalue weighted by Gasteiger charge is -2.22. The zero-order valence-electron chi connectivity index (χ0n) is 13.0. The van der Waals surface area contributed by atoms with Gasteiger partial charge in [0.1, 0.15) is 11.5 Å².